The van der Waals surface area contributed by atoms with Crippen LogP contribution in [-0.4, -0.2) is 75.8 Å². The summed E-state index contributed by atoms with van der Waals surface area (Å²) in [5, 5.41) is 22.4. The highest BCUT2D eigenvalue weighted by Gasteiger charge is 2.30. The number of halogens is 3. The summed E-state index contributed by atoms with van der Waals surface area (Å²) in [6, 6.07) is 32.1. The van der Waals surface area contributed by atoms with E-state index in [2.05, 4.69) is 53.8 Å². The molecule has 0 radical (unpaired) electrons. The van der Waals surface area contributed by atoms with Gasteiger partial charge in [0.2, 0.25) is 9.55 Å². The molecular formula is C39H36Cl3NO8S2. The van der Waals surface area contributed by atoms with Gasteiger partial charge in [0.1, 0.15) is 12.6 Å². The third kappa shape index (κ3) is 10.6. The molecule has 9 nitrogen and oxygen atoms in total. The summed E-state index contributed by atoms with van der Waals surface area (Å²) in [6.07, 6.45) is -0.944. The van der Waals surface area contributed by atoms with Gasteiger partial charge in [0.15, 0.2) is 6.79 Å². The maximum absolute atomic E-state index is 11.8. The van der Waals surface area contributed by atoms with E-state index < -0.39 is 34.5 Å². The molecule has 4 aromatic rings. The molecule has 53 heavy (non-hydrogen) atoms. The predicted octanol–water partition coefficient (Wildman–Crippen LogP) is 9.16. The van der Waals surface area contributed by atoms with Crippen molar-refractivity contribution in [3.63, 3.8) is 0 Å². The molecule has 1 unspecified atom stereocenters. The Kier molecular flexibility index (Phi) is 14.4. The topological polar surface area (TPSA) is 131 Å². The predicted molar refractivity (Wildman–Crippen MR) is 212 cm³/mol. The first-order chi connectivity index (χ1) is 25.5. The molecule has 0 saturated heterocycles. The maximum atomic E-state index is 11.8. The van der Waals surface area contributed by atoms with Crippen LogP contribution in [-0.2, 0) is 23.8 Å². The zero-order valence-electron chi connectivity index (χ0n) is 28.4. The van der Waals surface area contributed by atoms with Gasteiger partial charge < -0.3 is 29.7 Å². The summed E-state index contributed by atoms with van der Waals surface area (Å²) < 4.78 is 12.8. The van der Waals surface area contributed by atoms with Gasteiger partial charge in [-0.2, -0.15) is 11.8 Å². The average Bonchev–Trinajstić information content (AvgIpc) is 3.64. The highest BCUT2D eigenvalue weighted by molar-refractivity contribution is 8.02. The second-order valence-electron chi connectivity index (χ2n) is 11.9. The van der Waals surface area contributed by atoms with Crippen LogP contribution in [0.3, 0.4) is 0 Å². The summed E-state index contributed by atoms with van der Waals surface area (Å²) in [4.78, 5) is 34.4. The zero-order chi connectivity index (χ0) is 38.0. The number of carboxylic acid groups (broad SMARTS) is 2. The van der Waals surface area contributed by atoms with Gasteiger partial charge in [-0.15, -0.1) is 11.8 Å². The van der Waals surface area contributed by atoms with Gasteiger partial charge in [0.25, 0.3) is 0 Å². The first-order valence-corrected chi connectivity index (χ1v) is 19.7. The molecule has 0 spiro atoms. The number of alkyl carbamates (subject to hydrolysis) is 1. The highest BCUT2D eigenvalue weighted by atomic mass is 35.6. The number of rotatable bonds is 14. The molecule has 14 heteroatoms. The Balaban J connectivity index is 0.000000208. The van der Waals surface area contributed by atoms with Crippen molar-refractivity contribution >= 4 is 76.4 Å². The molecule has 0 bridgehead atoms. The Morgan fingerprint density at radius 1 is 0.755 bits per heavy atom. The maximum Gasteiger partial charge on any atom is 0.408 e. The van der Waals surface area contributed by atoms with Crippen molar-refractivity contribution < 1.29 is 38.8 Å². The highest BCUT2D eigenvalue weighted by Crippen LogP contribution is 2.47. The molecule has 2 aliphatic carbocycles. The number of methoxy groups -OCH3 is 1. The molecule has 4 aromatic carbocycles. The number of ether oxygens (including phenoxy) is 3. The SMILES string of the molecule is COCO/C(=C/SCC1c2ccccc2-c2ccccc21)C(=O)O.O=C(NC(CSCC1c2ccccc2-c2ccccc21)C(=O)O)OCC(Cl)(Cl)Cl. The Bertz CT molecular complexity index is 1860. The Labute approximate surface area is 331 Å². The largest absolute Gasteiger partial charge is 0.480 e. The second kappa shape index (κ2) is 19.0. The number of hydrogen-bond donors (Lipinski definition) is 3. The number of nitrogens with one attached hydrogen (secondary N) is 1. The minimum atomic E-state index is -1.76. The standard InChI is InChI=1S/C20H18Cl3NO4S.C19H18O4S/c21-20(22,23)11-28-19(27)24-17(18(25)26)10-29-9-16-14-7-3-1-5-12(14)13-6-2-4-8-15(13)16;1-22-12-23-18(19(20)21)11-24-10-17-15-8-4-2-6-13(15)14-7-3-5-9-16(14)17/h1-8,16-17H,9-11H2,(H,24,27)(H,25,26);2-9,11,17H,10,12H2,1H3,(H,20,21)/b;18-11+. The number of carboxylic acids is 2. The van der Waals surface area contributed by atoms with Crippen LogP contribution in [0.5, 0.6) is 0 Å². The van der Waals surface area contributed by atoms with Crippen LogP contribution < -0.4 is 5.32 Å². The molecule has 0 saturated carbocycles. The summed E-state index contributed by atoms with van der Waals surface area (Å²) >= 11 is 19.5. The van der Waals surface area contributed by atoms with E-state index >= 15 is 0 Å². The van der Waals surface area contributed by atoms with Crippen LogP contribution in [0, 0.1) is 0 Å². The summed E-state index contributed by atoms with van der Waals surface area (Å²) in [6.45, 7) is -0.549. The van der Waals surface area contributed by atoms with Crippen molar-refractivity contribution in [2.75, 3.05) is 37.8 Å². The van der Waals surface area contributed by atoms with Gasteiger partial charge in [0, 0.05) is 41.6 Å². The minimum absolute atomic E-state index is 0.0756. The zero-order valence-corrected chi connectivity index (χ0v) is 32.3. The Morgan fingerprint density at radius 2 is 1.21 bits per heavy atom. The molecule has 1 atom stereocenters. The van der Waals surface area contributed by atoms with Gasteiger partial charge in [0.05, 0.1) is 0 Å². The van der Waals surface area contributed by atoms with Gasteiger partial charge in [-0.3, -0.25) is 0 Å². The summed E-state index contributed by atoms with van der Waals surface area (Å²) in [5.74, 6) is -0.318. The number of carbonyl (C=O) groups excluding carboxylic acids is 1. The van der Waals surface area contributed by atoms with Gasteiger partial charge in [-0.05, 0) is 44.5 Å². The van der Waals surface area contributed by atoms with E-state index in [9.17, 15) is 19.5 Å². The fraction of sp³-hybridized carbons (Fsp3) is 0.256. The minimum Gasteiger partial charge on any atom is -0.480 e. The quantitative estimate of drug-likeness (QED) is 0.0490. The van der Waals surface area contributed by atoms with E-state index in [1.807, 2.05) is 48.5 Å². The number of alkyl halides is 3. The van der Waals surface area contributed by atoms with Gasteiger partial charge in [-0.1, -0.05) is 132 Å². The van der Waals surface area contributed by atoms with Crippen molar-refractivity contribution in [1.82, 2.24) is 5.32 Å². The van der Waals surface area contributed by atoms with Crippen LogP contribution in [0.1, 0.15) is 34.1 Å². The van der Waals surface area contributed by atoms with Gasteiger partial charge >= 0.3 is 18.0 Å². The first-order valence-electron chi connectivity index (χ1n) is 16.3. The molecule has 1 amide bonds. The van der Waals surface area contributed by atoms with E-state index in [1.54, 1.807) is 5.41 Å². The van der Waals surface area contributed by atoms with Crippen LogP contribution in [0.25, 0.3) is 22.3 Å². The molecule has 3 N–H and O–H groups in total. The summed E-state index contributed by atoms with van der Waals surface area (Å²) in [5.41, 5.74) is 9.96. The van der Waals surface area contributed by atoms with Crippen LogP contribution in [0.2, 0.25) is 0 Å². The first kappa shape index (κ1) is 40.3. The molecular weight excluding hydrogens is 781 g/mol. The van der Waals surface area contributed by atoms with Crippen molar-refractivity contribution in [1.29, 1.82) is 0 Å². The summed E-state index contributed by atoms with van der Waals surface area (Å²) in [7, 11) is 1.46. The van der Waals surface area contributed by atoms with Crippen molar-refractivity contribution in [3.05, 3.63) is 130 Å². The number of carbonyl (C=O) groups is 3. The van der Waals surface area contributed by atoms with Crippen LogP contribution in [0.4, 0.5) is 4.79 Å². The molecule has 2 aliphatic rings. The fourth-order valence-electron chi connectivity index (χ4n) is 6.18. The number of hydrogen-bond acceptors (Lipinski definition) is 8. The smallest absolute Gasteiger partial charge is 0.408 e. The third-order valence-electron chi connectivity index (χ3n) is 8.45. The Hall–Kier alpha value is -3.84. The van der Waals surface area contributed by atoms with E-state index in [4.69, 9.17) is 54.1 Å². The van der Waals surface area contributed by atoms with E-state index in [1.165, 1.54) is 75.1 Å². The van der Waals surface area contributed by atoms with Crippen LogP contribution in [0.15, 0.2) is 108 Å². The number of benzene rings is 4. The third-order valence-corrected chi connectivity index (χ3v) is 10.8. The molecule has 0 heterocycles. The number of aliphatic carboxylic acids is 2. The van der Waals surface area contributed by atoms with Crippen molar-refractivity contribution in [2.24, 2.45) is 0 Å². The molecule has 278 valence electrons. The Morgan fingerprint density at radius 3 is 1.62 bits per heavy atom. The van der Waals surface area contributed by atoms with Crippen LogP contribution >= 0.6 is 58.3 Å². The molecule has 6 rings (SSSR count). The van der Waals surface area contributed by atoms with Gasteiger partial charge in [-0.25, -0.2) is 14.4 Å². The van der Waals surface area contributed by atoms with Crippen molar-refractivity contribution in [3.8, 4) is 22.3 Å². The fourth-order valence-corrected chi connectivity index (χ4v) is 8.50. The van der Waals surface area contributed by atoms with Crippen molar-refractivity contribution in [2.45, 2.75) is 21.7 Å². The normalized spacial score (nSPS) is 13.8. The molecule has 0 aliphatic heterocycles. The monoisotopic (exact) mass is 815 g/mol. The number of amides is 1. The molecule has 0 fully saturated rings. The lowest BCUT2D eigenvalue weighted by atomic mass is 9.99. The number of fused-ring (bicyclic) bond motifs is 6. The lowest BCUT2D eigenvalue weighted by Crippen LogP contribution is -2.43. The molecule has 0 aromatic heterocycles. The van der Waals surface area contributed by atoms with E-state index in [0.717, 1.165) is 5.75 Å². The lowest BCUT2D eigenvalue weighted by molar-refractivity contribution is -0.139. The average molecular weight is 817 g/mol. The van der Waals surface area contributed by atoms with E-state index in [0.29, 0.717) is 5.75 Å². The lowest BCUT2D eigenvalue weighted by Gasteiger charge is -2.18. The second-order valence-corrected chi connectivity index (χ2v) is 16.4. The number of thioether (sulfide) groups is 2. The van der Waals surface area contributed by atoms with E-state index in [-0.39, 0.29) is 30.1 Å².